The summed E-state index contributed by atoms with van der Waals surface area (Å²) in [6, 6.07) is 5.93. The van der Waals surface area contributed by atoms with E-state index in [0.29, 0.717) is 12.5 Å². The van der Waals surface area contributed by atoms with E-state index in [-0.39, 0.29) is 35.4 Å². The zero-order valence-electron chi connectivity index (χ0n) is 18.4. The molecule has 0 bridgehead atoms. The van der Waals surface area contributed by atoms with Crippen LogP contribution in [-0.4, -0.2) is 40.4 Å². The summed E-state index contributed by atoms with van der Waals surface area (Å²) >= 11 is 0. The van der Waals surface area contributed by atoms with Crippen LogP contribution >= 0.6 is 24.0 Å². The molecule has 2 aromatic rings. The highest BCUT2D eigenvalue weighted by Gasteiger charge is 2.40. The molecule has 0 amide bonds. The van der Waals surface area contributed by atoms with Gasteiger partial charge in [-0.25, -0.2) is 9.67 Å². The lowest BCUT2D eigenvalue weighted by molar-refractivity contribution is -0.137. The topological polar surface area (TPSA) is 67.1 Å². The third-order valence-electron chi connectivity index (χ3n) is 6.49. The van der Waals surface area contributed by atoms with Crippen LogP contribution in [0.15, 0.2) is 29.3 Å². The van der Waals surface area contributed by atoms with Crippen molar-refractivity contribution in [2.45, 2.75) is 69.6 Å². The molecule has 1 unspecified atom stereocenters. The van der Waals surface area contributed by atoms with Crippen molar-refractivity contribution in [2.75, 3.05) is 13.6 Å². The largest absolute Gasteiger partial charge is 0.416 e. The second-order valence-electron chi connectivity index (χ2n) is 8.50. The van der Waals surface area contributed by atoms with Crippen molar-refractivity contribution in [3.8, 4) is 0 Å². The molecule has 2 N–H and O–H groups in total. The normalized spacial score (nSPS) is 20.0. The van der Waals surface area contributed by atoms with Crippen LogP contribution in [0.1, 0.15) is 55.4 Å². The van der Waals surface area contributed by atoms with Crippen molar-refractivity contribution in [3.05, 3.63) is 47.0 Å². The van der Waals surface area contributed by atoms with Gasteiger partial charge in [-0.2, -0.15) is 18.3 Å². The first-order valence-electron chi connectivity index (χ1n) is 10.9. The number of hydrogen-bond donors (Lipinski definition) is 2. The molecule has 1 aliphatic carbocycles. The van der Waals surface area contributed by atoms with Crippen molar-refractivity contribution in [2.24, 2.45) is 4.99 Å². The molecule has 1 aliphatic heterocycles. The molecule has 2 heterocycles. The summed E-state index contributed by atoms with van der Waals surface area (Å²) in [5.41, 5.74) is -0.134. The number of fused-ring (bicyclic) bond motifs is 1. The Labute approximate surface area is 203 Å². The fourth-order valence-electron chi connectivity index (χ4n) is 4.47. The molecule has 0 spiro atoms. The number of aliphatic imine (C=N–C) groups is 1. The first kappa shape index (κ1) is 24.8. The molecule has 0 saturated heterocycles. The standard InChI is InChI=1S/C22H29F3N6.HI/c1-3-18-29-19-9-8-17(13-31(19)30-18)28-20(26-2)27-14-21(10-5-11-21)15-6-4-7-16(12-15)22(23,24)25;/h4,6-7,12,17H,3,5,8-11,13-14H2,1-2H3,(H2,26,27,28);1H. The van der Waals surface area contributed by atoms with Crippen molar-refractivity contribution < 1.29 is 13.2 Å². The molecule has 2 aliphatic rings. The number of guanidine groups is 1. The quantitative estimate of drug-likeness (QED) is 0.328. The van der Waals surface area contributed by atoms with Gasteiger partial charge < -0.3 is 10.6 Å². The van der Waals surface area contributed by atoms with E-state index in [9.17, 15) is 13.2 Å². The monoisotopic (exact) mass is 562 g/mol. The van der Waals surface area contributed by atoms with Crippen molar-refractivity contribution in [1.82, 2.24) is 25.4 Å². The number of hydrogen-bond acceptors (Lipinski definition) is 3. The average Bonchev–Trinajstić information content (AvgIpc) is 3.14. The minimum atomic E-state index is -4.33. The van der Waals surface area contributed by atoms with Gasteiger partial charge in [-0.3, -0.25) is 4.99 Å². The molecule has 1 atom stereocenters. The number of alkyl halides is 3. The molecule has 6 nitrogen and oxygen atoms in total. The van der Waals surface area contributed by atoms with Crippen LogP contribution < -0.4 is 10.6 Å². The molecule has 1 fully saturated rings. The Hall–Kier alpha value is -1.85. The van der Waals surface area contributed by atoms with E-state index in [2.05, 4.69) is 25.7 Å². The summed E-state index contributed by atoms with van der Waals surface area (Å²) < 4.78 is 41.5. The molecule has 4 rings (SSSR count). The van der Waals surface area contributed by atoms with E-state index < -0.39 is 11.7 Å². The summed E-state index contributed by atoms with van der Waals surface area (Å²) in [6.45, 7) is 3.32. The van der Waals surface area contributed by atoms with Crippen molar-refractivity contribution in [1.29, 1.82) is 0 Å². The summed E-state index contributed by atoms with van der Waals surface area (Å²) in [4.78, 5) is 8.89. The number of halogens is 4. The van der Waals surface area contributed by atoms with Gasteiger partial charge in [-0.15, -0.1) is 24.0 Å². The van der Waals surface area contributed by atoms with Gasteiger partial charge in [0.05, 0.1) is 12.1 Å². The Bertz CT molecular complexity index is 951. The smallest absolute Gasteiger partial charge is 0.356 e. The first-order chi connectivity index (χ1) is 14.8. The predicted octanol–water partition coefficient (Wildman–Crippen LogP) is 4.08. The Morgan fingerprint density at radius 2 is 2.09 bits per heavy atom. The van der Waals surface area contributed by atoms with E-state index in [1.165, 1.54) is 12.1 Å². The van der Waals surface area contributed by atoms with Gasteiger partial charge in [0, 0.05) is 37.9 Å². The van der Waals surface area contributed by atoms with Gasteiger partial charge in [0.2, 0.25) is 0 Å². The SMILES string of the molecule is CCc1nc2n(n1)CC(NC(=NC)NCC1(c3cccc(C(F)(F)F)c3)CCC1)CC2.I. The van der Waals surface area contributed by atoms with Crippen LogP contribution in [0.2, 0.25) is 0 Å². The molecule has 1 saturated carbocycles. The van der Waals surface area contributed by atoms with Crippen LogP contribution in [0.4, 0.5) is 13.2 Å². The summed E-state index contributed by atoms with van der Waals surface area (Å²) in [7, 11) is 1.71. The van der Waals surface area contributed by atoms with Crippen LogP contribution in [0.5, 0.6) is 0 Å². The predicted molar refractivity (Wildman–Crippen MR) is 128 cm³/mol. The number of aromatic nitrogens is 3. The Kier molecular flexibility index (Phi) is 7.72. The van der Waals surface area contributed by atoms with Crippen molar-refractivity contribution >= 4 is 29.9 Å². The minimum Gasteiger partial charge on any atom is -0.356 e. The van der Waals surface area contributed by atoms with E-state index in [1.807, 2.05) is 17.7 Å². The number of rotatable bonds is 5. The third kappa shape index (κ3) is 5.20. The summed E-state index contributed by atoms with van der Waals surface area (Å²) in [5, 5.41) is 11.4. The maximum absolute atomic E-state index is 13.2. The lowest BCUT2D eigenvalue weighted by atomic mass is 9.64. The van der Waals surface area contributed by atoms with E-state index >= 15 is 0 Å². The van der Waals surface area contributed by atoms with Crippen LogP contribution in [-0.2, 0) is 31.0 Å². The van der Waals surface area contributed by atoms with Crippen LogP contribution in [0.3, 0.4) is 0 Å². The molecule has 10 heteroatoms. The molecule has 1 aromatic carbocycles. The second kappa shape index (κ2) is 9.96. The number of nitrogens with one attached hydrogen (secondary N) is 2. The zero-order valence-corrected chi connectivity index (χ0v) is 20.7. The highest BCUT2D eigenvalue weighted by atomic mass is 127. The molecular formula is C22H30F3IN6. The molecule has 176 valence electrons. The maximum atomic E-state index is 13.2. The highest BCUT2D eigenvalue weighted by Crippen LogP contribution is 2.44. The molecule has 0 radical (unpaired) electrons. The van der Waals surface area contributed by atoms with E-state index in [4.69, 9.17) is 0 Å². The summed E-state index contributed by atoms with van der Waals surface area (Å²) in [5.74, 6) is 2.56. The van der Waals surface area contributed by atoms with Gasteiger partial charge in [-0.1, -0.05) is 31.5 Å². The van der Waals surface area contributed by atoms with Gasteiger partial charge in [0.15, 0.2) is 11.8 Å². The third-order valence-corrected chi connectivity index (χ3v) is 6.49. The first-order valence-corrected chi connectivity index (χ1v) is 10.9. The zero-order chi connectivity index (χ0) is 22.1. The lowest BCUT2D eigenvalue weighted by Gasteiger charge is -2.43. The van der Waals surface area contributed by atoms with Gasteiger partial charge in [-0.05, 0) is 30.9 Å². The van der Waals surface area contributed by atoms with E-state index in [1.54, 1.807) is 7.05 Å². The summed E-state index contributed by atoms with van der Waals surface area (Å²) in [6.07, 6.45) is 1.02. The van der Waals surface area contributed by atoms with Gasteiger partial charge in [0.25, 0.3) is 0 Å². The lowest BCUT2D eigenvalue weighted by Crippen LogP contribution is -2.52. The van der Waals surface area contributed by atoms with Crippen LogP contribution in [0, 0.1) is 0 Å². The Morgan fingerprint density at radius 1 is 1.31 bits per heavy atom. The fourth-order valence-corrected chi connectivity index (χ4v) is 4.47. The molecular weight excluding hydrogens is 532 g/mol. The fraction of sp³-hybridized carbons (Fsp3) is 0.591. The number of nitrogens with zero attached hydrogens (tertiary/aromatic N) is 4. The maximum Gasteiger partial charge on any atom is 0.416 e. The van der Waals surface area contributed by atoms with Gasteiger partial charge >= 0.3 is 6.18 Å². The van der Waals surface area contributed by atoms with Crippen molar-refractivity contribution in [3.63, 3.8) is 0 Å². The molecule has 32 heavy (non-hydrogen) atoms. The highest BCUT2D eigenvalue weighted by molar-refractivity contribution is 14.0. The van der Waals surface area contributed by atoms with E-state index in [0.717, 1.165) is 68.3 Å². The van der Waals surface area contributed by atoms with Gasteiger partial charge in [0.1, 0.15) is 5.82 Å². The Balaban J connectivity index is 0.00000289. The second-order valence-corrected chi connectivity index (χ2v) is 8.50. The average molecular weight is 562 g/mol. The molecule has 1 aromatic heterocycles. The minimum absolute atomic E-state index is 0. The number of benzene rings is 1. The Morgan fingerprint density at radius 3 is 2.72 bits per heavy atom. The van der Waals surface area contributed by atoms with Crippen LogP contribution in [0.25, 0.3) is 0 Å². The number of aryl methyl sites for hydroxylation is 2.